The van der Waals surface area contributed by atoms with Gasteiger partial charge < -0.3 is 10.5 Å². The van der Waals surface area contributed by atoms with E-state index in [1.54, 1.807) is 23.6 Å². The Morgan fingerprint density at radius 2 is 2.09 bits per heavy atom. The fraction of sp³-hybridized carbons (Fsp3) is 0.308. The Bertz CT molecular complexity index is 701. The number of nitro benzene ring substituents is 1. The number of thioether (sulfide) groups is 1. The van der Waals surface area contributed by atoms with Crippen molar-refractivity contribution in [3.8, 4) is 0 Å². The predicted octanol–water partition coefficient (Wildman–Crippen LogP) is 1.47. The Balaban J connectivity index is 2.08. The van der Waals surface area contributed by atoms with Crippen molar-refractivity contribution in [2.45, 2.75) is 18.6 Å². The molecule has 0 saturated heterocycles. The zero-order chi connectivity index (χ0) is 16.8. The number of non-ortho nitro benzene ring substituents is 1. The molecule has 0 radical (unpaired) electrons. The summed E-state index contributed by atoms with van der Waals surface area (Å²) in [6, 6.07) is 6.11. The number of nitrogens with two attached hydrogens (primary N) is 1. The lowest BCUT2D eigenvalue weighted by Gasteiger charge is -2.08. The van der Waals surface area contributed by atoms with Crippen LogP contribution in [0.5, 0.6) is 0 Å². The molecule has 0 spiro atoms. The van der Waals surface area contributed by atoms with Crippen molar-refractivity contribution < 1.29 is 14.5 Å². The number of benzene rings is 1. The van der Waals surface area contributed by atoms with Crippen LogP contribution in [0.1, 0.15) is 12.5 Å². The Kier molecular flexibility index (Phi) is 5.52. The number of nitro groups is 1. The van der Waals surface area contributed by atoms with Gasteiger partial charge in [0, 0.05) is 12.1 Å². The number of aromatic nitrogens is 3. The highest BCUT2D eigenvalue weighted by molar-refractivity contribution is 7.99. The van der Waals surface area contributed by atoms with E-state index < -0.39 is 4.92 Å². The predicted molar refractivity (Wildman–Crippen MR) is 84.0 cm³/mol. The van der Waals surface area contributed by atoms with Gasteiger partial charge >= 0.3 is 5.97 Å². The highest BCUT2D eigenvalue weighted by atomic mass is 32.2. The molecule has 0 aliphatic carbocycles. The van der Waals surface area contributed by atoms with E-state index >= 15 is 0 Å². The minimum atomic E-state index is -0.461. The third-order valence-corrected chi connectivity index (χ3v) is 3.80. The van der Waals surface area contributed by atoms with Crippen molar-refractivity contribution >= 4 is 29.4 Å². The summed E-state index contributed by atoms with van der Waals surface area (Å²) in [5.41, 5.74) is 6.61. The molecule has 2 aromatic rings. The average molecular weight is 337 g/mol. The van der Waals surface area contributed by atoms with Crippen LogP contribution in [-0.2, 0) is 16.1 Å². The molecule has 9 nitrogen and oxygen atoms in total. The molecule has 0 unspecified atom stereocenters. The summed E-state index contributed by atoms with van der Waals surface area (Å²) >= 11 is 1.17. The average Bonchev–Trinajstić information content (AvgIpc) is 2.87. The monoisotopic (exact) mass is 337 g/mol. The number of esters is 1. The Morgan fingerprint density at radius 3 is 2.70 bits per heavy atom. The standard InChI is InChI=1S/C13H15N5O4S/c1-2-22-11(19)8-23-13-16-15-12(14)17(13)7-9-3-5-10(6-4-9)18(20)21/h3-6H,2,7-8H2,1H3,(H2,14,15). The van der Waals surface area contributed by atoms with Crippen LogP contribution in [-0.4, -0.2) is 38.0 Å². The van der Waals surface area contributed by atoms with E-state index in [0.29, 0.717) is 18.3 Å². The molecule has 2 N–H and O–H groups in total. The van der Waals surface area contributed by atoms with Gasteiger partial charge in [-0.25, -0.2) is 0 Å². The molecular weight excluding hydrogens is 322 g/mol. The normalized spacial score (nSPS) is 10.5. The summed E-state index contributed by atoms with van der Waals surface area (Å²) in [5.74, 6) is -0.0395. The van der Waals surface area contributed by atoms with Crippen molar-refractivity contribution in [1.29, 1.82) is 0 Å². The first-order chi connectivity index (χ1) is 11.0. The van der Waals surface area contributed by atoms with Gasteiger partial charge in [-0.2, -0.15) is 0 Å². The molecule has 122 valence electrons. The number of carbonyl (C=O) groups is 1. The largest absolute Gasteiger partial charge is 0.465 e. The first-order valence-corrected chi connectivity index (χ1v) is 7.70. The van der Waals surface area contributed by atoms with Gasteiger partial charge in [-0.15, -0.1) is 10.2 Å². The summed E-state index contributed by atoms with van der Waals surface area (Å²) in [5, 5.41) is 18.9. The summed E-state index contributed by atoms with van der Waals surface area (Å²) in [6.07, 6.45) is 0. The molecule has 0 fully saturated rings. The topological polar surface area (TPSA) is 126 Å². The summed E-state index contributed by atoms with van der Waals surface area (Å²) < 4.78 is 6.48. The molecule has 0 atom stereocenters. The van der Waals surface area contributed by atoms with Crippen molar-refractivity contribution in [1.82, 2.24) is 14.8 Å². The molecule has 0 saturated carbocycles. The SMILES string of the molecule is CCOC(=O)CSc1nnc(N)n1Cc1ccc([N+](=O)[O-])cc1. The van der Waals surface area contributed by atoms with E-state index in [9.17, 15) is 14.9 Å². The van der Waals surface area contributed by atoms with Gasteiger partial charge in [0.1, 0.15) is 0 Å². The van der Waals surface area contributed by atoms with Crippen LogP contribution in [0.3, 0.4) is 0 Å². The second-order valence-electron chi connectivity index (χ2n) is 4.44. The third kappa shape index (κ3) is 4.42. The van der Waals surface area contributed by atoms with E-state index in [0.717, 1.165) is 5.56 Å². The number of hydrogen-bond acceptors (Lipinski definition) is 8. The number of anilines is 1. The minimum Gasteiger partial charge on any atom is -0.465 e. The smallest absolute Gasteiger partial charge is 0.316 e. The maximum absolute atomic E-state index is 11.4. The van der Waals surface area contributed by atoms with Crippen molar-refractivity contribution in [3.63, 3.8) is 0 Å². The fourth-order valence-corrected chi connectivity index (χ4v) is 2.53. The Morgan fingerprint density at radius 1 is 1.39 bits per heavy atom. The van der Waals surface area contributed by atoms with Crippen molar-refractivity contribution in [2.24, 2.45) is 0 Å². The van der Waals surface area contributed by atoms with Gasteiger partial charge in [-0.3, -0.25) is 19.5 Å². The van der Waals surface area contributed by atoms with Gasteiger partial charge in [0.15, 0.2) is 5.16 Å². The first kappa shape index (κ1) is 16.7. The van der Waals surface area contributed by atoms with E-state index in [1.165, 1.54) is 23.9 Å². The molecule has 10 heteroatoms. The maximum atomic E-state index is 11.4. The fourth-order valence-electron chi connectivity index (χ4n) is 1.79. The van der Waals surface area contributed by atoms with Crippen LogP contribution >= 0.6 is 11.8 Å². The summed E-state index contributed by atoms with van der Waals surface area (Å²) in [4.78, 5) is 21.6. The van der Waals surface area contributed by atoms with Crippen LogP contribution in [0.2, 0.25) is 0 Å². The molecule has 1 aromatic carbocycles. The molecule has 2 rings (SSSR count). The van der Waals surface area contributed by atoms with Crippen LogP contribution < -0.4 is 5.73 Å². The van der Waals surface area contributed by atoms with Crippen LogP contribution in [0.4, 0.5) is 11.6 Å². The Labute approximate surface area is 136 Å². The highest BCUT2D eigenvalue weighted by Gasteiger charge is 2.14. The lowest BCUT2D eigenvalue weighted by atomic mass is 10.2. The second-order valence-corrected chi connectivity index (χ2v) is 5.39. The molecule has 0 bridgehead atoms. The number of ether oxygens (including phenoxy) is 1. The van der Waals surface area contributed by atoms with Crippen molar-refractivity contribution in [3.05, 3.63) is 39.9 Å². The molecule has 0 aliphatic heterocycles. The van der Waals surface area contributed by atoms with Gasteiger partial charge in [0.2, 0.25) is 5.95 Å². The molecule has 1 aromatic heterocycles. The quantitative estimate of drug-likeness (QED) is 0.348. The number of carbonyl (C=O) groups excluding carboxylic acids is 1. The summed E-state index contributed by atoms with van der Waals surface area (Å²) in [7, 11) is 0. The third-order valence-electron chi connectivity index (χ3n) is 2.86. The molecular formula is C13H15N5O4S. The molecule has 23 heavy (non-hydrogen) atoms. The zero-order valence-corrected chi connectivity index (χ0v) is 13.2. The van der Waals surface area contributed by atoms with E-state index in [1.807, 2.05) is 0 Å². The lowest BCUT2D eigenvalue weighted by molar-refractivity contribution is -0.384. The van der Waals surface area contributed by atoms with Crippen LogP contribution in [0.25, 0.3) is 0 Å². The summed E-state index contributed by atoms with van der Waals surface area (Å²) in [6.45, 7) is 2.40. The van der Waals surface area contributed by atoms with E-state index in [-0.39, 0.29) is 23.4 Å². The number of hydrogen-bond donors (Lipinski definition) is 1. The number of nitrogens with zero attached hydrogens (tertiary/aromatic N) is 4. The van der Waals surface area contributed by atoms with Gasteiger partial charge in [-0.1, -0.05) is 23.9 Å². The minimum absolute atomic E-state index is 0.0161. The van der Waals surface area contributed by atoms with E-state index in [4.69, 9.17) is 10.5 Å². The Hall–Kier alpha value is -2.62. The van der Waals surface area contributed by atoms with E-state index in [2.05, 4.69) is 10.2 Å². The maximum Gasteiger partial charge on any atom is 0.316 e. The zero-order valence-electron chi connectivity index (χ0n) is 12.3. The highest BCUT2D eigenvalue weighted by Crippen LogP contribution is 2.21. The van der Waals surface area contributed by atoms with Crippen LogP contribution in [0, 0.1) is 10.1 Å². The van der Waals surface area contributed by atoms with Gasteiger partial charge in [0.25, 0.3) is 5.69 Å². The second kappa shape index (κ2) is 7.58. The van der Waals surface area contributed by atoms with Crippen molar-refractivity contribution in [2.75, 3.05) is 18.1 Å². The first-order valence-electron chi connectivity index (χ1n) is 6.71. The molecule has 1 heterocycles. The van der Waals surface area contributed by atoms with Gasteiger partial charge in [-0.05, 0) is 12.5 Å². The van der Waals surface area contributed by atoms with Crippen LogP contribution in [0.15, 0.2) is 29.4 Å². The molecule has 0 amide bonds. The molecule has 0 aliphatic rings. The number of rotatable bonds is 7. The van der Waals surface area contributed by atoms with Gasteiger partial charge in [0.05, 0.1) is 23.8 Å². The lowest BCUT2D eigenvalue weighted by Crippen LogP contribution is -2.09. The number of nitrogen functional groups attached to an aromatic ring is 1.